The lowest BCUT2D eigenvalue weighted by atomic mass is 10.1. The molecule has 0 unspecified atom stereocenters. The van der Waals surface area contributed by atoms with E-state index in [1.807, 2.05) is 17.5 Å². The zero-order valence-corrected chi connectivity index (χ0v) is 12.6. The predicted octanol–water partition coefficient (Wildman–Crippen LogP) is 1.95. The summed E-state index contributed by atoms with van der Waals surface area (Å²) in [5.41, 5.74) is 7.54. The number of hydrogen-bond acceptors (Lipinski definition) is 4. The molecule has 0 radical (unpaired) electrons. The number of thiophene rings is 1. The van der Waals surface area contributed by atoms with Crippen LogP contribution in [0.25, 0.3) is 0 Å². The van der Waals surface area contributed by atoms with Gasteiger partial charge >= 0.3 is 0 Å². The zero-order valence-electron chi connectivity index (χ0n) is 11.0. The fraction of sp³-hybridized carbons (Fsp3) is 0.286. The molecule has 3 rings (SSSR count). The Labute approximate surface area is 122 Å². The summed E-state index contributed by atoms with van der Waals surface area (Å²) in [6, 6.07) is 8.90. The van der Waals surface area contributed by atoms with Crippen molar-refractivity contribution < 1.29 is 8.42 Å². The van der Waals surface area contributed by atoms with Gasteiger partial charge in [-0.3, -0.25) is 0 Å². The summed E-state index contributed by atoms with van der Waals surface area (Å²) >= 11 is 1.70. The topological polar surface area (TPSA) is 63.4 Å². The maximum atomic E-state index is 12.7. The molecule has 1 aliphatic rings. The second-order valence-corrected chi connectivity index (χ2v) is 7.75. The van der Waals surface area contributed by atoms with E-state index < -0.39 is 10.0 Å². The largest absolute Gasteiger partial charge is 0.326 e. The molecule has 0 fully saturated rings. The van der Waals surface area contributed by atoms with E-state index in [1.54, 1.807) is 33.8 Å². The van der Waals surface area contributed by atoms with E-state index >= 15 is 0 Å². The van der Waals surface area contributed by atoms with Crippen molar-refractivity contribution in [2.75, 3.05) is 6.54 Å². The van der Waals surface area contributed by atoms with E-state index in [0.717, 1.165) is 17.5 Å². The van der Waals surface area contributed by atoms with Crippen molar-refractivity contribution in [3.05, 3.63) is 51.7 Å². The Kier molecular flexibility index (Phi) is 3.64. The maximum absolute atomic E-state index is 12.7. The first-order valence-electron chi connectivity index (χ1n) is 6.45. The molecule has 0 bridgehead atoms. The summed E-state index contributed by atoms with van der Waals surface area (Å²) in [5, 5.41) is 2.02. The van der Waals surface area contributed by atoms with Gasteiger partial charge in [-0.2, -0.15) is 4.31 Å². The molecule has 20 heavy (non-hydrogen) atoms. The average molecular weight is 308 g/mol. The van der Waals surface area contributed by atoms with E-state index in [2.05, 4.69) is 0 Å². The maximum Gasteiger partial charge on any atom is 0.243 e. The molecular formula is C14H16N2O2S2. The Morgan fingerprint density at radius 1 is 1.30 bits per heavy atom. The van der Waals surface area contributed by atoms with Gasteiger partial charge in [-0.1, -0.05) is 12.1 Å². The Hall–Kier alpha value is -1.21. The van der Waals surface area contributed by atoms with Crippen LogP contribution in [0.1, 0.15) is 16.0 Å². The first kappa shape index (κ1) is 13.8. The molecule has 2 heterocycles. The molecule has 0 atom stereocenters. The lowest BCUT2D eigenvalue weighted by molar-refractivity contribution is 0.394. The summed E-state index contributed by atoms with van der Waals surface area (Å²) in [7, 11) is -3.43. The monoisotopic (exact) mass is 308 g/mol. The summed E-state index contributed by atoms with van der Waals surface area (Å²) in [6.07, 6.45) is 0.794. The third-order valence-corrected chi connectivity index (χ3v) is 6.41. The second kappa shape index (κ2) is 5.29. The third kappa shape index (κ3) is 2.40. The highest BCUT2D eigenvalue weighted by Gasteiger charge is 2.28. The Bertz CT molecular complexity index is 722. The molecule has 1 aromatic carbocycles. The fourth-order valence-electron chi connectivity index (χ4n) is 2.41. The van der Waals surface area contributed by atoms with Crippen LogP contribution in [0.2, 0.25) is 0 Å². The SMILES string of the molecule is NCc1cccc(S(=O)(=O)N2CCc3sccc3C2)c1. The number of benzene rings is 1. The number of rotatable bonds is 3. The quantitative estimate of drug-likeness (QED) is 0.942. The molecule has 106 valence electrons. The first-order chi connectivity index (χ1) is 9.61. The molecule has 4 nitrogen and oxygen atoms in total. The number of fused-ring (bicyclic) bond motifs is 1. The zero-order chi connectivity index (χ0) is 14.2. The van der Waals surface area contributed by atoms with Crippen LogP contribution in [0.3, 0.4) is 0 Å². The van der Waals surface area contributed by atoms with Crippen LogP contribution in [0.5, 0.6) is 0 Å². The molecule has 1 aromatic heterocycles. The van der Waals surface area contributed by atoms with Gasteiger partial charge < -0.3 is 5.73 Å². The number of nitrogens with two attached hydrogens (primary N) is 1. The van der Waals surface area contributed by atoms with Crippen molar-refractivity contribution in [2.24, 2.45) is 5.73 Å². The Morgan fingerprint density at radius 2 is 2.15 bits per heavy atom. The van der Waals surface area contributed by atoms with Gasteiger partial charge in [0.25, 0.3) is 0 Å². The van der Waals surface area contributed by atoms with Crippen LogP contribution in [-0.2, 0) is 29.5 Å². The molecule has 0 aliphatic carbocycles. The molecular weight excluding hydrogens is 292 g/mol. The van der Waals surface area contributed by atoms with E-state index in [9.17, 15) is 8.42 Å². The van der Waals surface area contributed by atoms with Gasteiger partial charge in [0.1, 0.15) is 0 Å². The molecule has 0 amide bonds. The van der Waals surface area contributed by atoms with Crippen molar-refractivity contribution >= 4 is 21.4 Å². The van der Waals surface area contributed by atoms with Crippen molar-refractivity contribution in [3.8, 4) is 0 Å². The lowest BCUT2D eigenvalue weighted by Crippen LogP contribution is -2.35. The van der Waals surface area contributed by atoms with Crippen molar-refractivity contribution in [1.82, 2.24) is 4.31 Å². The van der Waals surface area contributed by atoms with Gasteiger partial charge in [-0.05, 0) is 41.1 Å². The lowest BCUT2D eigenvalue weighted by Gasteiger charge is -2.26. The van der Waals surface area contributed by atoms with Crippen LogP contribution >= 0.6 is 11.3 Å². The molecule has 0 spiro atoms. The van der Waals surface area contributed by atoms with Gasteiger partial charge in [0, 0.05) is 24.5 Å². The third-order valence-electron chi connectivity index (χ3n) is 3.54. The highest BCUT2D eigenvalue weighted by Crippen LogP contribution is 2.28. The van der Waals surface area contributed by atoms with Crippen LogP contribution in [0.15, 0.2) is 40.6 Å². The standard InChI is InChI=1S/C14H16N2O2S2/c15-9-11-2-1-3-13(8-11)20(17,18)16-6-4-14-12(10-16)5-7-19-14/h1-3,5,7-8H,4,6,9-10,15H2. The number of nitrogens with zero attached hydrogens (tertiary/aromatic N) is 1. The smallest absolute Gasteiger partial charge is 0.243 e. The molecule has 2 N–H and O–H groups in total. The average Bonchev–Trinajstić information content (AvgIpc) is 2.94. The predicted molar refractivity (Wildman–Crippen MR) is 80.0 cm³/mol. The molecule has 0 saturated carbocycles. The van der Waals surface area contributed by atoms with Crippen LogP contribution in [0.4, 0.5) is 0 Å². The van der Waals surface area contributed by atoms with Gasteiger partial charge in [0.15, 0.2) is 0 Å². The van der Waals surface area contributed by atoms with Crippen molar-refractivity contribution in [1.29, 1.82) is 0 Å². The van der Waals surface area contributed by atoms with E-state index in [4.69, 9.17) is 5.73 Å². The van der Waals surface area contributed by atoms with E-state index in [0.29, 0.717) is 24.5 Å². The summed E-state index contributed by atoms with van der Waals surface area (Å²) in [4.78, 5) is 1.63. The van der Waals surface area contributed by atoms with Gasteiger partial charge in [-0.25, -0.2) is 8.42 Å². The first-order valence-corrected chi connectivity index (χ1v) is 8.77. The molecule has 0 saturated heterocycles. The van der Waals surface area contributed by atoms with Gasteiger partial charge in [0.2, 0.25) is 10.0 Å². The molecule has 2 aromatic rings. The fourth-order valence-corrected chi connectivity index (χ4v) is 4.79. The molecule has 6 heteroatoms. The minimum Gasteiger partial charge on any atom is -0.326 e. The van der Waals surface area contributed by atoms with E-state index in [-0.39, 0.29) is 0 Å². The summed E-state index contributed by atoms with van der Waals surface area (Å²) in [6.45, 7) is 1.36. The number of hydrogen-bond donors (Lipinski definition) is 1. The van der Waals surface area contributed by atoms with E-state index in [1.165, 1.54) is 4.88 Å². The van der Waals surface area contributed by atoms with Crippen LogP contribution in [0, 0.1) is 0 Å². The molecule has 1 aliphatic heterocycles. The highest BCUT2D eigenvalue weighted by atomic mass is 32.2. The van der Waals surface area contributed by atoms with Gasteiger partial charge in [0.05, 0.1) is 4.90 Å². The Morgan fingerprint density at radius 3 is 2.95 bits per heavy atom. The normalized spacial score (nSPS) is 16.1. The highest BCUT2D eigenvalue weighted by molar-refractivity contribution is 7.89. The van der Waals surface area contributed by atoms with Crippen LogP contribution < -0.4 is 5.73 Å². The van der Waals surface area contributed by atoms with Crippen molar-refractivity contribution in [2.45, 2.75) is 24.4 Å². The second-order valence-electron chi connectivity index (χ2n) is 4.81. The minimum atomic E-state index is -3.43. The summed E-state index contributed by atoms with van der Waals surface area (Å²) in [5.74, 6) is 0. The van der Waals surface area contributed by atoms with Gasteiger partial charge in [-0.15, -0.1) is 11.3 Å². The van der Waals surface area contributed by atoms with Crippen LogP contribution in [-0.4, -0.2) is 19.3 Å². The Balaban J connectivity index is 1.93. The number of sulfonamides is 1. The summed E-state index contributed by atoms with van der Waals surface area (Å²) < 4.78 is 26.9. The van der Waals surface area contributed by atoms with Crippen molar-refractivity contribution in [3.63, 3.8) is 0 Å². The minimum absolute atomic E-state index is 0.333.